The number of Topliss-reactive ketones (excluding diaryl/α,β-unsaturated/α-hetero) is 1. The number of ketones is 1. The average molecular weight is 280 g/mol. The first-order valence-electron chi connectivity index (χ1n) is 7.01. The lowest BCUT2D eigenvalue weighted by Gasteiger charge is -2.32. The number of pyridine rings is 1. The second-order valence-electron chi connectivity index (χ2n) is 5.41. The largest absolute Gasteiger partial charge is 0.381 e. The van der Waals surface area contributed by atoms with Crippen molar-refractivity contribution in [2.75, 3.05) is 26.8 Å². The van der Waals surface area contributed by atoms with Gasteiger partial charge in [0.15, 0.2) is 5.78 Å². The van der Waals surface area contributed by atoms with Gasteiger partial charge in [-0.15, -0.1) is 0 Å². The van der Waals surface area contributed by atoms with Crippen molar-refractivity contribution in [3.8, 4) is 0 Å². The van der Waals surface area contributed by atoms with Gasteiger partial charge in [-0.2, -0.15) is 0 Å². The zero-order valence-electron chi connectivity index (χ0n) is 12.0. The van der Waals surface area contributed by atoms with Crippen molar-refractivity contribution in [2.45, 2.75) is 25.8 Å². The van der Waals surface area contributed by atoms with Crippen molar-refractivity contribution >= 4 is 5.78 Å². The summed E-state index contributed by atoms with van der Waals surface area (Å²) >= 11 is 0. The summed E-state index contributed by atoms with van der Waals surface area (Å²) in [5, 5.41) is 0. The third-order valence-electron chi connectivity index (χ3n) is 3.80. The number of rotatable bonds is 5. The molecule has 1 aliphatic rings. The molecule has 4 nitrogen and oxygen atoms in total. The Hall–Kier alpha value is -1.33. The molecule has 1 saturated heterocycles. The Morgan fingerprint density at radius 3 is 2.80 bits per heavy atom. The van der Waals surface area contributed by atoms with Gasteiger partial charge in [0.25, 0.3) is 0 Å². The molecule has 0 aromatic carbocycles. The van der Waals surface area contributed by atoms with E-state index in [1.54, 1.807) is 0 Å². The minimum absolute atomic E-state index is 0.0380. The molecule has 1 aliphatic heterocycles. The molecule has 1 fully saturated rings. The summed E-state index contributed by atoms with van der Waals surface area (Å²) in [6.45, 7) is 4.15. The zero-order valence-corrected chi connectivity index (χ0v) is 12.0. The molecule has 110 valence electrons. The number of nitrogens with zero attached hydrogens (tertiary/aromatic N) is 2. The van der Waals surface area contributed by atoms with Crippen molar-refractivity contribution < 1.29 is 13.9 Å². The van der Waals surface area contributed by atoms with Crippen LogP contribution in [0, 0.1) is 11.7 Å². The molecule has 2 heterocycles. The van der Waals surface area contributed by atoms with Crippen molar-refractivity contribution in [2.24, 2.45) is 5.92 Å². The molecule has 5 heteroatoms. The molecule has 2 rings (SSSR count). The van der Waals surface area contributed by atoms with Crippen LogP contribution in [0.1, 0.15) is 30.3 Å². The Bertz CT molecular complexity index is 444. The van der Waals surface area contributed by atoms with Gasteiger partial charge in [0.05, 0.1) is 6.20 Å². The number of hydrogen-bond donors (Lipinski definition) is 0. The quantitative estimate of drug-likeness (QED) is 0.775. The van der Waals surface area contributed by atoms with Crippen LogP contribution in [0.4, 0.5) is 4.39 Å². The molecule has 1 aromatic rings. The highest BCUT2D eigenvalue weighted by molar-refractivity contribution is 5.95. The molecule has 0 bridgehead atoms. The van der Waals surface area contributed by atoms with E-state index < -0.39 is 5.82 Å². The predicted octanol–water partition coefficient (Wildman–Crippen LogP) is 2.15. The van der Waals surface area contributed by atoms with E-state index in [-0.39, 0.29) is 11.7 Å². The Kier molecular flexibility index (Phi) is 5.20. The standard InChI is InChI=1S/C15H21FN2O2/c1-11(10-18(2)13-5-7-20-8-6-13)15(19)14-4-3-12(16)9-17-14/h3-4,9,11,13H,5-8,10H2,1-2H3. The molecule has 0 amide bonds. The van der Waals surface area contributed by atoms with Crippen molar-refractivity contribution in [3.63, 3.8) is 0 Å². The van der Waals surface area contributed by atoms with Crippen LogP contribution in [-0.2, 0) is 4.74 Å². The fraction of sp³-hybridized carbons (Fsp3) is 0.600. The second kappa shape index (κ2) is 6.90. The Morgan fingerprint density at radius 1 is 1.50 bits per heavy atom. The number of ether oxygens (including phenoxy) is 1. The third kappa shape index (κ3) is 3.84. The molecule has 0 radical (unpaired) electrons. The summed E-state index contributed by atoms with van der Waals surface area (Å²) < 4.78 is 18.2. The van der Waals surface area contributed by atoms with Gasteiger partial charge >= 0.3 is 0 Å². The zero-order chi connectivity index (χ0) is 14.5. The highest BCUT2D eigenvalue weighted by atomic mass is 19.1. The summed E-state index contributed by atoms with van der Waals surface area (Å²) in [6, 6.07) is 3.19. The van der Waals surface area contributed by atoms with E-state index in [1.807, 2.05) is 14.0 Å². The van der Waals surface area contributed by atoms with Crippen LogP contribution >= 0.6 is 0 Å². The van der Waals surface area contributed by atoms with Gasteiger partial charge in [-0.1, -0.05) is 6.92 Å². The molecule has 1 atom stereocenters. The van der Waals surface area contributed by atoms with E-state index in [0.29, 0.717) is 18.3 Å². The Balaban J connectivity index is 1.91. The maximum Gasteiger partial charge on any atom is 0.185 e. The monoisotopic (exact) mass is 280 g/mol. The van der Waals surface area contributed by atoms with Crippen LogP contribution < -0.4 is 0 Å². The number of carbonyl (C=O) groups excluding carboxylic acids is 1. The minimum atomic E-state index is -0.423. The third-order valence-corrected chi connectivity index (χ3v) is 3.80. The van der Waals surface area contributed by atoms with Crippen LogP contribution in [0.3, 0.4) is 0 Å². The second-order valence-corrected chi connectivity index (χ2v) is 5.41. The fourth-order valence-electron chi connectivity index (χ4n) is 2.56. The van der Waals surface area contributed by atoms with Gasteiger partial charge in [-0.25, -0.2) is 4.39 Å². The lowest BCUT2D eigenvalue weighted by molar-refractivity contribution is 0.0385. The van der Waals surface area contributed by atoms with Gasteiger partial charge in [0.1, 0.15) is 11.5 Å². The maximum absolute atomic E-state index is 12.8. The topological polar surface area (TPSA) is 42.4 Å². The molecule has 0 N–H and O–H groups in total. The van der Waals surface area contributed by atoms with Gasteiger partial charge in [0, 0.05) is 31.7 Å². The molecule has 0 spiro atoms. The van der Waals surface area contributed by atoms with E-state index in [0.717, 1.165) is 32.3 Å². The van der Waals surface area contributed by atoms with Gasteiger partial charge < -0.3 is 9.64 Å². The van der Waals surface area contributed by atoms with Gasteiger partial charge in [0.2, 0.25) is 0 Å². The fourth-order valence-corrected chi connectivity index (χ4v) is 2.56. The molecular formula is C15H21FN2O2. The van der Waals surface area contributed by atoms with Crippen molar-refractivity contribution in [1.29, 1.82) is 0 Å². The van der Waals surface area contributed by atoms with Crippen LogP contribution in [0.2, 0.25) is 0 Å². The number of hydrogen-bond acceptors (Lipinski definition) is 4. The van der Waals surface area contributed by atoms with E-state index in [9.17, 15) is 9.18 Å². The normalized spacial score (nSPS) is 18.2. The molecule has 0 saturated carbocycles. The smallest absolute Gasteiger partial charge is 0.185 e. The first-order valence-corrected chi connectivity index (χ1v) is 7.01. The summed E-state index contributed by atoms with van der Waals surface area (Å²) in [7, 11) is 2.04. The summed E-state index contributed by atoms with van der Waals surface area (Å²) in [5.74, 6) is -0.613. The van der Waals surface area contributed by atoms with Crippen molar-refractivity contribution in [1.82, 2.24) is 9.88 Å². The number of halogens is 1. The van der Waals surface area contributed by atoms with Gasteiger partial charge in [-0.05, 0) is 32.0 Å². The average Bonchev–Trinajstić information content (AvgIpc) is 2.48. The van der Waals surface area contributed by atoms with Crippen LogP contribution in [0.25, 0.3) is 0 Å². The van der Waals surface area contributed by atoms with E-state index in [4.69, 9.17) is 4.74 Å². The van der Waals surface area contributed by atoms with Crippen LogP contribution in [0.15, 0.2) is 18.3 Å². The summed E-state index contributed by atoms with van der Waals surface area (Å²) in [5.41, 5.74) is 0.333. The number of carbonyl (C=O) groups is 1. The highest BCUT2D eigenvalue weighted by Gasteiger charge is 2.23. The van der Waals surface area contributed by atoms with E-state index >= 15 is 0 Å². The Labute approximate surface area is 118 Å². The first-order chi connectivity index (χ1) is 9.58. The van der Waals surface area contributed by atoms with Crippen molar-refractivity contribution in [3.05, 3.63) is 29.8 Å². The summed E-state index contributed by atoms with van der Waals surface area (Å²) in [4.78, 5) is 18.3. The Morgan fingerprint density at radius 2 is 2.20 bits per heavy atom. The lowest BCUT2D eigenvalue weighted by Crippen LogP contribution is -2.40. The van der Waals surface area contributed by atoms with E-state index in [2.05, 4.69) is 9.88 Å². The van der Waals surface area contributed by atoms with Crippen LogP contribution in [-0.4, -0.2) is 48.5 Å². The number of aromatic nitrogens is 1. The predicted molar refractivity (Wildman–Crippen MR) is 74.2 cm³/mol. The minimum Gasteiger partial charge on any atom is -0.381 e. The summed E-state index contributed by atoms with van der Waals surface area (Å²) in [6.07, 6.45) is 3.10. The first kappa shape index (κ1) is 15.1. The maximum atomic E-state index is 12.8. The highest BCUT2D eigenvalue weighted by Crippen LogP contribution is 2.16. The van der Waals surface area contributed by atoms with Crippen LogP contribution in [0.5, 0.6) is 0 Å². The molecule has 20 heavy (non-hydrogen) atoms. The lowest BCUT2D eigenvalue weighted by atomic mass is 10.0. The molecular weight excluding hydrogens is 259 g/mol. The van der Waals surface area contributed by atoms with Gasteiger partial charge in [-0.3, -0.25) is 9.78 Å². The molecule has 0 aliphatic carbocycles. The molecule has 1 unspecified atom stereocenters. The molecule has 1 aromatic heterocycles. The van der Waals surface area contributed by atoms with E-state index in [1.165, 1.54) is 12.1 Å². The SMILES string of the molecule is CC(CN(C)C1CCOCC1)C(=O)c1ccc(F)cn1.